The van der Waals surface area contributed by atoms with Gasteiger partial charge in [-0.15, -0.1) is 0 Å². The number of methoxy groups -OCH3 is 1. The zero-order valence-corrected chi connectivity index (χ0v) is 19.2. The molecule has 0 aliphatic rings. The highest BCUT2D eigenvalue weighted by molar-refractivity contribution is 6.07. The molecule has 2 aromatic heterocycles. The summed E-state index contributed by atoms with van der Waals surface area (Å²) in [5, 5.41) is 6.48. The third-order valence-corrected chi connectivity index (χ3v) is 4.97. The Bertz CT molecular complexity index is 1110. The summed E-state index contributed by atoms with van der Waals surface area (Å²) >= 11 is 0. The van der Waals surface area contributed by atoms with Gasteiger partial charge in [-0.1, -0.05) is 25.1 Å². The molecule has 0 radical (unpaired) electrons. The summed E-state index contributed by atoms with van der Waals surface area (Å²) in [5.74, 6) is -0.0508. The average Bonchev–Trinajstić information content (AvgIpc) is 3.04. The molecule has 170 valence electrons. The highest BCUT2D eigenvalue weighted by Gasteiger charge is 2.25. The normalized spacial score (nSPS) is 11.1. The minimum Gasteiger partial charge on any atom is -0.488 e. The second-order valence-corrected chi connectivity index (χ2v) is 7.68. The van der Waals surface area contributed by atoms with Crippen LogP contribution in [0.1, 0.15) is 47.3 Å². The van der Waals surface area contributed by atoms with Crippen molar-refractivity contribution >= 4 is 28.5 Å². The van der Waals surface area contributed by atoms with Gasteiger partial charge in [0.05, 0.1) is 29.5 Å². The predicted octanol–water partition coefficient (Wildman–Crippen LogP) is 3.55. The number of rotatable bonds is 9. The van der Waals surface area contributed by atoms with Gasteiger partial charge in [-0.05, 0) is 38.5 Å². The molecule has 3 rings (SSSR count). The van der Waals surface area contributed by atoms with Crippen LogP contribution in [0.5, 0.6) is 5.75 Å². The molecule has 2 N–H and O–H groups in total. The van der Waals surface area contributed by atoms with Crippen LogP contribution in [0, 0.1) is 0 Å². The van der Waals surface area contributed by atoms with Crippen LogP contribution in [0.3, 0.4) is 0 Å². The van der Waals surface area contributed by atoms with Gasteiger partial charge in [-0.3, -0.25) is 9.59 Å². The van der Waals surface area contributed by atoms with E-state index in [2.05, 4.69) is 10.6 Å². The van der Waals surface area contributed by atoms with Crippen molar-refractivity contribution in [2.45, 2.75) is 33.3 Å². The second-order valence-electron chi connectivity index (χ2n) is 7.68. The molecule has 2 heterocycles. The van der Waals surface area contributed by atoms with E-state index in [4.69, 9.17) is 14.5 Å². The summed E-state index contributed by atoms with van der Waals surface area (Å²) in [6.07, 6.45) is 0.459. The Kier molecular flexibility index (Phi) is 7.48. The number of anilines is 1. The molecular weight excluding hydrogens is 408 g/mol. The van der Waals surface area contributed by atoms with Crippen molar-refractivity contribution in [3.8, 4) is 5.75 Å². The second kappa shape index (κ2) is 10.3. The van der Waals surface area contributed by atoms with Crippen LogP contribution < -0.4 is 15.4 Å². The van der Waals surface area contributed by atoms with Crippen LogP contribution in [0.25, 0.3) is 11.0 Å². The Labute approximate surface area is 187 Å². The van der Waals surface area contributed by atoms with Crippen LogP contribution in [-0.4, -0.2) is 47.7 Å². The number of hydrogen-bond acceptors (Lipinski definition) is 5. The van der Waals surface area contributed by atoms with Crippen LogP contribution in [0.15, 0.2) is 36.4 Å². The van der Waals surface area contributed by atoms with Gasteiger partial charge < -0.3 is 24.7 Å². The molecule has 0 bridgehead atoms. The van der Waals surface area contributed by atoms with Crippen molar-refractivity contribution in [3.05, 3.63) is 53.3 Å². The highest BCUT2D eigenvalue weighted by atomic mass is 16.5. The van der Waals surface area contributed by atoms with E-state index in [1.807, 2.05) is 45.0 Å². The van der Waals surface area contributed by atoms with Crippen LogP contribution in [0.2, 0.25) is 0 Å². The summed E-state index contributed by atoms with van der Waals surface area (Å²) in [6, 6.07) is 10.8. The third kappa shape index (κ3) is 4.91. The lowest BCUT2D eigenvalue weighted by Crippen LogP contribution is -2.29. The van der Waals surface area contributed by atoms with Gasteiger partial charge >= 0.3 is 0 Å². The molecule has 0 spiro atoms. The maximum absolute atomic E-state index is 12.9. The van der Waals surface area contributed by atoms with E-state index >= 15 is 0 Å². The van der Waals surface area contributed by atoms with E-state index in [9.17, 15) is 9.59 Å². The largest absolute Gasteiger partial charge is 0.488 e. The van der Waals surface area contributed by atoms with Gasteiger partial charge in [0.15, 0.2) is 11.4 Å². The highest BCUT2D eigenvalue weighted by Crippen LogP contribution is 2.35. The standard InChI is InChI=1S/C24H30N4O4/c1-6-18-19(27-23(29)16-10-8-7-9-11-16)14-17-21(32-15(2)3)20(28(4)22(17)26-18)24(30)25-12-13-31-5/h7-11,14-15H,6,12-13H2,1-5H3,(H,25,30)(H,27,29). The first kappa shape index (κ1) is 23.3. The SMILES string of the molecule is CCc1nc2c(cc1NC(=O)c1ccccc1)c(OC(C)C)c(C(=O)NCCOC)n2C. The van der Waals surface area contributed by atoms with E-state index in [1.54, 1.807) is 30.9 Å². The van der Waals surface area contributed by atoms with E-state index < -0.39 is 0 Å². The van der Waals surface area contributed by atoms with E-state index in [-0.39, 0.29) is 17.9 Å². The zero-order valence-electron chi connectivity index (χ0n) is 19.2. The first-order chi connectivity index (χ1) is 15.4. The number of nitrogens with one attached hydrogen (secondary N) is 2. The number of benzene rings is 1. The molecule has 0 aliphatic carbocycles. The summed E-state index contributed by atoms with van der Waals surface area (Å²) < 4.78 is 12.8. The number of ether oxygens (including phenoxy) is 2. The molecule has 0 unspecified atom stereocenters. The van der Waals surface area contributed by atoms with Crippen molar-refractivity contribution in [2.24, 2.45) is 7.05 Å². The first-order valence-electron chi connectivity index (χ1n) is 10.7. The van der Waals surface area contributed by atoms with Crippen molar-refractivity contribution in [3.63, 3.8) is 0 Å². The lowest BCUT2D eigenvalue weighted by Gasteiger charge is -2.13. The minimum absolute atomic E-state index is 0.153. The van der Waals surface area contributed by atoms with Crippen LogP contribution >= 0.6 is 0 Å². The summed E-state index contributed by atoms with van der Waals surface area (Å²) in [6.45, 7) is 6.56. The molecule has 32 heavy (non-hydrogen) atoms. The van der Waals surface area contributed by atoms with E-state index in [0.29, 0.717) is 53.3 Å². The molecule has 0 fully saturated rings. The Morgan fingerprint density at radius 3 is 2.50 bits per heavy atom. The number of nitrogens with zero attached hydrogens (tertiary/aromatic N) is 2. The van der Waals surface area contributed by atoms with Crippen molar-refractivity contribution in [2.75, 3.05) is 25.6 Å². The lowest BCUT2D eigenvalue weighted by atomic mass is 10.1. The van der Waals surface area contributed by atoms with E-state index in [0.717, 1.165) is 5.69 Å². The smallest absolute Gasteiger partial charge is 0.271 e. The molecule has 8 nitrogen and oxygen atoms in total. The number of amides is 2. The van der Waals surface area contributed by atoms with Crippen molar-refractivity contribution < 1.29 is 19.1 Å². The van der Waals surface area contributed by atoms with Gasteiger partial charge in [0, 0.05) is 26.3 Å². The molecular formula is C24H30N4O4. The van der Waals surface area contributed by atoms with Crippen molar-refractivity contribution in [1.82, 2.24) is 14.9 Å². The fourth-order valence-corrected chi connectivity index (χ4v) is 3.47. The molecule has 0 saturated heterocycles. The number of hydrogen-bond donors (Lipinski definition) is 2. The maximum Gasteiger partial charge on any atom is 0.271 e. The number of aromatic nitrogens is 2. The van der Waals surface area contributed by atoms with Gasteiger partial charge in [0.25, 0.3) is 11.8 Å². The predicted molar refractivity (Wildman–Crippen MR) is 124 cm³/mol. The number of fused-ring (bicyclic) bond motifs is 1. The first-order valence-corrected chi connectivity index (χ1v) is 10.7. The number of pyridine rings is 1. The summed E-state index contributed by atoms with van der Waals surface area (Å²) in [5.41, 5.74) is 2.88. The quantitative estimate of drug-likeness (QED) is 0.498. The van der Waals surface area contributed by atoms with Gasteiger partial charge in [-0.25, -0.2) is 4.98 Å². The minimum atomic E-state index is -0.272. The number of aryl methyl sites for hydroxylation is 2. The zero-order chi connectivity index (χ0) is 23.3. The molecule has 0 aliphatic heterocycles. The van der Waals surface area contributed by atoms with Crippen LogP contribution in [0.4, 0.5) is 5.69 Å². The third-order valence-electron chi connectivity index (χ3n) is 4.97. The lowest BCUT2D eigenvalue weighted by molar-refractivity contribution is 0.0922. The molecule has 2 amide bonds. The molecule has 8 heteroatoms. The van der Waals surface area contributed by atoms with Gasteiger partial charge in [-0.2, -0.15) is 0 Å². The maximum atomic E-state index is 12.9. The van der Waals surface area contributed by atoms with Crippen LogP contribution in [-0.2, 0) is 18.2 Å². The molecule has 0 saturated carbocycles. The average molecular weight is 439 g/mol. The van der Waals surface area contributed by atoms with E-state index in [1.165, 1.54) is 0 Å². The number of carbonyl (C=O) groups excluding carboxylic acids is 2. The Morgan fingerprint density at radius 2 is 1.88 bits per heavy atom. The Balaban J connectivity index is 2.09. The molecule has 0 atom stereocenters. The summed E-state index contributed by atoms with van der Waals surface area (Å²) in [7, 11) is 3.37. The monoisotopic (exact) mass is 438 g/mol. The fraction of sp³-hybridized carbons (Fsp3) is 0.375. The fourth-order valence-electron chi connectivity index (χ4n) is 3.47. The van der Waals surface area contributed by atoms with Crippen molar-refractivity contribution in [1.29, 1.82) is 0 Å². The Hall–Kier alpha value is -3.39. The Morgan fingerprint density at radius 1 is 1.16 bits per heavy atom. The molecule has 1 aromatic carbocycles. The topological polar surface area (TPSA) is 94.5 Å². The molecule has 3 aromatic rings. The van der Waals surface area contributed by atoms with Gasteiger partial charge in [0.1, 0.15) is 5.65 Å². The number of carbonyl (C=O) groups is 2. The summed E-state index contributed by atoms with van der Waals surface area (Å²) in [4.78, 5) is 30.5. The van der Waals surface area contributed by atoms with Gasteiger partial charge in [0.2, 0.25) is 0 Å².